The number of carbonyl (C=O) groups is 2. The molecule has 0 radical (unpaired) electrons. The highest BCUT2D eigenvalue weighted by atomic mass is 31.2. The van der Waals surface area contributed by atoms with Crippen molar-refractivity contribution in [2.24, 2.45) is 35.5 Å². The highest BCUT2D eigenvalue weighted by molar-refractivity contribution is 7.50. The van der Waals surface area contributed by atoms with E-state index in [9.17, 15) is 28.5 Å². The van der Waals surface area contributed by atoms with Crippen LogP contribution in [0.4, 0.5) is 0 Å². The SMILES string of the molecule is CP(=O)([O-])OC1CCC(C2CCC(C(=O)NCc3cccc(CNC(=O)C4CCC(C5CCC(OP(C)(=O)[O-])CC5)CC4)c3)CC2)CC1. The second-order valence-electron chi connectivity index (χ2n) is 15.3. The van der Waals surface area contributed by atoms with Crippen LogP contribution >= 0.6 is 15.2 Å². The minimum Gasteiger partial charge on any atom is -0.779 e. The average Bonchev–Trinajstić information content (AvgIpc) is 3.06. The molecule has 5 rings (SSSR count). The molecule has 4 aliphatic rings. The van der Waals surface area contributed by atoms with E-state index in [1.807, 2.05) is 18.2 Å². The van der Waals surface area contributed by atoms with Gasteiger partial charge >= 0.3 is 0 Å². The maximum atomic E-state index is 13.0. The van der Waals surface area contributed by atoms with Crippen LogP contribution in [0, 0.1) is 35.5 Å². The van der Waals surface area contributed by atoms with Gasteiger partial charge in [-0.1, -0.05) is 24.3 Å². The lowest BCUT2D eigenvalue weighted by atomic mass is 9.70. The maximum Gasteiger partial charge on any atom is 0.223 e. The Morgan fingerprint density at radius 1 is 0.604 bits per heavy atom. The Labute approximate surface area is 287 Å². The third kappa shape index (κ3) is 11.8. The van der Waals surface area contributed by atoms with E-state index in [1.54, 1.807) is 0 Å². The van der Waals surface area contributed by atoms with Crippen LogP contribution in [0.1, 0.15) is 114 Å². The van der Waals surface area contributed by atoms with Gasteiger partial charge in [0, 0.05) is 38.3 Å². The summed E-state index contributed by atoms with van der Waals surface area (Å²) in [6, 6.07) is 8.05. The Morgan fingerprint density at radius 3 is 1.23 bits per heavy atom. The molecule has 4 fully saturated rings. The van der Waals surface area contributed by atoms with E-state index in [0.717, 1.165) is 127 Å². The smallest absolute Gasteiger partial charge is 0.223 e. The molecular formula is C36H56N2O8P2-2. The highest BCUT2D eigenvalue weighted by Crippen LogP contribution is 2.45. The third-order valence-corrected chi connectivity index (χ3v) is 13.0. The van der Waals surface area contributed by atoms with Gasteiger partial charge in [0.2, 0.25) is 11.8 Å². The summed E-state index contributed by atoms with van der Waals surface area (Å²) >= 11 is 0. The Morgan fingerprint density at radius 2 is 0.917 bits per heavy atom. The summed E-state index contributed by atoms with van der Waals surface area (Å²) in [6.07, 6.45) is 14.6. The van der Waals surface area contributed by atoms with Gasteiger partial charge in [-0.3, -0.25) is 9.59 Å². The van der Waals surface area contributed by atoms with Crippen molar-refractivity contribution in [2.45, 2.75) is 128 Å². The molecule has 1 aromatic carbocycles. The van der Waals surface area contributed by atoms with Crippen molar-refractivity contribution in [1.29, 1.82) is 0 Å². The van der Waals surface area contributed by atoms with Crippen molar-refractivity contribution >= 4 is 27.0 Å². The molecule has 12 heteroatoms. The van der Waals surface area contributed by atoms with E-state index in [1.165, 1.54) is 0 Å². The van der Waals surface area contributed by atoms with Gasteiger partial charge in [-0.15, -0.1) is 0 Å². The van der Waals surface area contributed by atoms with E-state index >= 15 is 0 Å². The normalized spacial score (nSPS) is 33.9. The van der Waals surface area contributed by atoms with Crippen molar-refractivity contribution in [3.05, 3.63) is 35.4 Å². The molecule has 2 amide bonds. The molecule has 2 atom stereocenters. The van der Waals surface area contributed by atoms with Gasteiger partial charge in [-0.2, -0.15) is 0 Å². The molecule has 270 valence electrons. The van der Waals surface area contributed by atoms with E-state index in [2.05, 4.69) is 16.7 Å². The van der Waals surface area contributed by atoms with Gasteiger partial charge in [0.05, 0.1) is 12.2 Å². The van der Waals surface area contributed by atoms with Crippen LogP contribution < -0.4 is 20.4 Å². The molecule has 4 saturated carbocycles. The number of carbonyl (C=O) groups excluding carboxylic acids is 2. The molecule has 1 aromatic rings. The Kier molecular flexibility index (Phi) is 13.4. The van der Waals surface area contributed by atoms with Gasteiger partial charge in [0.1, 0.15) is 15.2 Å². The van der Waals surface area contributed by atoms with Crippen LogP contribution in [0.3, 0.4) is 0 Å². The topological polar surface area (TPSA) is 157 Å². The van der Waals surface area contributed by atoms with E-state index < -0.39 is 15.2 Å². The van der Waals surface area contributed by atoms with Crippen LogP contribution in [0.15, 0.2) is 24.3 Å². The predicted octanol–water partition coefficient (Wildman–Crippen LogP) is 6.05. The van der Waals surface area contributed by atoms with Crippen molar-refractivity contribution in [3.8, 4) is 0 Å². The van der Waals surface area contributed by atoms with Crippen molar-refractivity contribution in [1.82, 2.24) is 10.6 Å². The summed E-state index contributed by atoms with van der Waals surface area (Å²) in [5, 5.41) is 6.29. The largest absolute Gasteiger partial charge is 0.779 e. The van der Waals surface area contributed by atoms with Crippen LogP contribution in [0.25, 0.3) is 0 Å². The fourth-order valence-electron chi connectivity index (χ4n) is 9.09. The standard InChI is InChI=1S/C36H58N2O8P2/c1-47(41,42)45-33-18-14-29(15-19-33)27-6-10-31(11-7-27)35(39)37-23-25-4-3-5-26(22-25)24-38-36(40)32-12-8-28(9-13-32)30-16-20-34(21-17-30)46-48(2,43)44/h3-5,22,27-34H,6-21,23-24H2,1-2H3,(H,37,39)(H,38,40)(H,41,42)(H,43,44)/p-2. The minimum atomic E-state index is -3.69. The van der Waals surface area contributed by atoms with Gasteiger partial charge in [0.25, 0.3) is 0 Å². The number of nitrogens with one attached hydrogen (secondary N) is 2. The van der Waals surface area contributed by atoms with Gasteiger partial charge in [-0.05, 0) is 138 Å². The lowest BCUT2D eigenvalue weighted by molar-refractivity contribution is -0.203. The predicted molar refractivity (Wildman–Crippen MR) is 182 cm³/mol. The van der Waals surface area contributed by atoms with Crippen LogP contribution in [-0.4, -0.2) is 37.4 Å². The Hall–Kier alpha value is -1.54. The van der Waals surface area contributed by atoms with Crippen molar-refractivity contribution < 1.29 is 37.6 Å². The second-order valence-corrected chi connectivity index (χ2v) is 18.8. The maximum absolute atomic E-state index is 13.0. The molecule has 0 aromatic heterocycles. The summed E-state index contributed by atoms with van der Waals surface area (Å²) in [4.78, 5) is 49.0. The fourth-order valence-corrected chi connectivity index (χ4v) is 10.6. The molecule has 4 aliphatic carbocycles. The first kappa shape index (κ1) is 37.7. The van der Waals surface area contributed by atoms with Crippen molar-refractivity contribution in [3.63, 3.8) is 0 Å². The van der Waals surface area contributed by atoms with Gasteiger partial charge in [0.15, 0.2) is 0 Å². The van der Waals surface area contributed by atoms with Gasteiger partial charge < -0.3 is 38.6 Å². The summed E-state index contributed by atoms with van der Waals surface area (Å²) in [5.41, 5.74) is 2.05. The molecule has 0 aliphatic heterocycles. The zero-order valence-electron chi connectivity index (χ0n) is 28.8. The summed E-state index contributed by atoms with van der Waals surface area (Å²) in [5.74, 6) is 2.70. The molecule has 0 saturated heterocycles. The Balaban J connectivity index is 0.964. The fraction of sp³-hybridized carbons (Fsp3) is 0.778. The Bertz CT molecular complexity index is 1200. The number of amides is 2. The molecule has 0 bridgehead atoms. The monoisotopic (exact) mass is 706 g/mol. The van der Waals surface area contributed by atoms with E-state index in [4.69, 9.17) is 9.05 Å². The molecule has 10 nitrogen and oxygen atoms in total. The zero-order valence-corrected chi connectivity index (χ0v) is 30.6. The first-order valence-electron chi connectivity index (χ1n) is 18.4. The van der Waals surface area contributed by atoms with Gasteiger partial charge in [-0.25, -0.2) is 0 Å². The first-order valence-corrected chi connectivity index (χ1v) is 22.4. The average molecular weight is 707 g/mol. The van der Waals surface area contributed by atoms with E-state index in [0.29, 0.717) is 36.8 Å². The minimum absolute atomic E-state index is 0.0362. The molecular weight excluding hydrogens is 650 g/mol. The summed E-state index contributed by atoms with van der Waals surface area (Å²) in [6.45, 7) is 3.24. The molecule has 2 N–H and O–H groups in total. The lowest BCUT2D eigenvalue weighted by Gasteiger charge is -2.38. The van der Waals surface area contributed by atoms with Crippen LogP contribution in [0.5, 0.6) is 0 Å². The zero-order chi connectivity index (χ0) is 34.3. The summed E-state index contributed by atoms with van der Waals surface area (Å²) in [7, 11) is -7.37. The summed E-state index contributed by atoms with van der Waals surface area (Å²) < 4.78 is 33.4. The number of hydrogen-bond donors (Lipinski definition) is 2. The molecule has 0 spiro atoms. The third-order valence-electron chi connectivity index (χ3n) is 11.7. The number of rotatable bonds is 12. The van der Waals surface area contributed by atoms with Crippen LogP contribution in [-0.2, 0) is 40.9 Å². The lowest BCUT2D eigenvalue weighted by Crippen LogP contribution is -2.35. The van der Waals surface area contributed by atoms with Crippen molar-refractivity contribution in [2.75, 3.05) is 13.3 Å². The molecule has 48 heavy (non-hydrogen) atoms. The quantitative estimate of drug-likeness (QED) is 0.249. The number of benzene rings is 1. The molecule has 0 heterocycles. The van der Waals surface area contributed by atoms with Crippen LogP contribution in [0.2, 0.25) is 0 Å². The number of hydrogen-bond acceptors (Lipinski definition) is 8. The first-order chi connectivity index (χ1) is 22.8. The highest BCUT2D eigenvalue weighted by Gasteiger charge is 2.35. The molecule has 2 unspecified atom stereocenters. The second kappa shape index (κ2) is 17.1. The van der Waals surface area contributed by atoms with E-state index in [-0.39, 0.29) is 35.9 Å².